The van der Waals surface area contributed by atoms with E-state index in [4.69, 9.17) is 22.4 Å². The van der Waals surface area contributed by atoms with Crippen LogP contribution in [-0.2, 0) is 11.3 Å². The van der Waals surface area contributed by atoms with Crippen LogP contribution in [0.15, 0.2) is 45.7 Å². The largest absolute Gasteiger partial charge is 0.456 e. The number of carbonyl (C=O) groups is 1. The SMILES string of the molecule is CN1C(=O)/C(=C/c2oc(-c3ccccc3)cc2CN)SC1=S. The highest BCUT2D eigenvalue weighted by atomic mass is 32.2. The summed E-state index contributed by atoms with van der Waals surface area (Å²) in [6.07, 6.45) is 1.72. The van der Waals surface area contributed by atoms with Crippen LogP contribution in [0.1, 0.15) is 11.3 Å². The number of amides is 1. The average molecular weight is 330 g/mol. The highest BCUT2D eigenvalue weighted by Gasteiger charge is 2.29. The Kier molecular flexibility index (Phi) is 4.15. The van der Waals surface area contributed by atoms with E-state index >= 15 is 0 Å². The molecule has 1 amide bonds. The van der Waals surface area contributed by atoms with Crippen LogP contribution >= 0.6 is 24.0 Å². The van der Waals surface area contributed by atoms with Crippen LogP contribution in [0.4, 0.5) is 0 Å². The van der Waals surface area contributed by atoms with E-state index in [1.54, 1.807) is 13.1 Å². The molecular formula is C16H14N2O2S2. The molecule has 1 aromatic carbocycles. The van der Waals surface area contributed by atoms with Crippen molar-refractivity contribution in [3.63, 3.8) is 0 Å². The maximum atomic E-state index is 12.1. The number of nitrogens with zero attached hydrogens (tertiary/aromatic N) is 1. The molecule has 1 saturated heterocycles. The molecule has 6 heteroatoms. The molecule has 112 valence electrons. The number of rotatable bonds is 3. The van der Waals surface area contributed by atoms with Gasteiger partial charge in [-0.2, -0.15) is 0 Å². The molecule has 0 atom stereocenters. The number of nitrogens with two attached hydrogens (primary N) is 1. The molecule has 3 rings (SSSR count). The molecule has 0 saturated carbocycles. The van der Waals surface area contributed by atoms with Crippen molar-refractivity contribution in [3.8, 4) is 11.3 Å². The van der Waals surface area contributed by atoms with Gasteiger partial charge in [0.05, 0.1) is 4.91 Å². The molecule has 1 fully saturated rings. The Labute approximate surface area is 138 Å². The van der Waals surface area contributed by atoms with E-state index < -0.39 is 0 Å². The third-order valence-electron chi connectivity index (χ3n) is 3.37. The minimum atomic E-state index is -0.115. The number of thiocarbonyl (C=S) groups is 1. The summed E-state index contributed by atoms with van der Waals surface area (Å²) in [7, 11) is 1.67. The molecule has 1 aliphatic rings. The van der Waals surface area contributed by atoms with Crippen molar-refractivity contribution in [2.75, 3.05) is 7.05 Å². The second kappa shape index (κ2) is 6.08. The number of hydrogen-bond donors (Lipinski definition) is 1. The molecule has 1 aliphatic heterocycles. The van der Waals surface area contributed by atoms with Crippen molar-refractivity contribution in [1.82, 2.24) is 4.90 Å². The van der Waals surface area contributed by atoms with Crippen LogP contribution < -0.4 is 5.73 Å². The number of likely N-dealkylation sites (N-methyl/N-ethyl adjacent to an activating group) is 1. The van der Waals surface area contributed by atoms with Gasteiger partial charge in [0.2, 0.25) is 0 Å². The van der Waals surface area contributed by atoms with E-state index in [2.05, 4.69) is 0 Å². The quantitative estimate of drug-likeness (QED) is 0.691. The van der Waals surface area contributed by atoms with Crippen LogP contribution in [0.5, 0.6) is 0 Å². The van der Waals surface area contributed by atoms with Gasteiger partial charge in [0.25, 0.3) is 5.91 Å². The Bertz CT molecular complexity index is 766. The maximum absolute atomic E-state index is 12.1. The van der Waals surface area contributed by atoms with E-state index in [0.717, 1.165) is 16.9 Å². The number of hydrogen-bond acceptors (Lipinski definition) is 5. The molecule has 1 aromatic heterocycles. The number of carbonyl (C=O) groups excluding carboxylic acids is 1. The van der Waals surface area contributed by atoms with E-state index in [1.807, 2.05) is 36.4 Å². The second-order valence-corrected chi connectivity index (χ2v) is 6.49. The number of thioether (sulfide) groups is 1. The van der Waals surface area contributed by atoms with Crippen molar-refractivity contribution >= 4 is 40.3 Å². The van der Waals surface area contributed by atoms with E-state index in [9.17, 15) is 4.79 Å². The van der Waals surface area contributed by atoms with Gasteiger partial charge in [-0.25, -0.2) is 0 Å². The molecule has 2 aromatic rings. The Balaban J connectivity index is 2.00. The van der Waals surface area contributed by atoms with Crippen LogP contribution in [0.3, 0.4) is 0 Å². The zero-order chi connectivity index (χ0) is 15.7. The molecule has 0 aliphatic carbocycles. The maximum Gasteiger partial charge on any atom is 0.266 e. The molecule has 0 spiro atoms. The highest BCUT2D eigenvalue weighted by Crippen LogP contribution is 2.34. The standard InChI is InChI=1S/C16H14N2O2S2/c1-18-15(19)14(22-16(18)21)8-13-11(9-17)7-12(20-13)10-5-3-2-4-6-10/h2-8H,9,17H2,1H3/b14-8-. The van der Waals surface area contributed by atoms with Crippen molar-refractivity contribution in [2.24, 2.45) is 5.73 Å². The average Bonchev–Trinajstić information content (AvgIpc) is 3.05. The predicted molar refractivity (Wildman–Crippen MR) is 93.0 cm³/mol. The van der Waals surface area contributed by atoms with Crippen molar-refractivity contribution in [2.45, 2.75) is 6.54 Å². The van der Waals surface area contributed by atoms with Crippen LogP contribution in [0.25, 0.3) is 17.4 Å². The first-order valence-corrected chi connectivity index (χ1v) is 7.92. The molecule has 2 heterocycles. The summed E-state index contributed by atoms with van der Waals surface area (Å²) < 4.78 is 6.43. The molecule has 22 heavy (non-hydrogen) atoms. The number of benzene rings is 1. The lowest BCUT2D eigenvalue weighted by molar-refractivity contribution is -0.121. The Hall–Kier alpha value is -1.89. The fourth-order valence-corrected chi connectivity index (χ4v) is 3.28. The Morgan fingerprint density at radius 1 is 1.36 bits per heavy atom. The zero-order valence-electron chi connectivity index (χ0n) is 11.9. The van der Waals surface area contributed by atoms with Crippen molar-refractivity contribution < 1.29 is 9.21 Å². The topological polar surface area (TPSA) is 59.5 Å². The summed E-state index contributed by atoms with van der Waals surface area (Å²) in [6, 6.07) is 11.7. The lowest BCUT2D eigenvalue weighted by atomic mass is 10.1. The van der Waals surface area contributed by atoms with Gasteiger partial charge in [0.15, 0.2) is 0 Å². The van der Waals surface area contributed by atoms with Gasteiger partial charge in [-0.05, 0) is 6.07 Å². The van der Waals surface area contributed by atoms with Crippen molar-refractivity contribution in [3.05, 3.63) is 52.6 Å². The summed E-state index contributed by atoms with van der Waals surface area (Å²) >= 11 is 6.40. The van der Waals surface area contributed by atoms with Crippen LogP contribution in [0.2, 0.25) is 0 Å². The summed E-state index contributed by atoms with van der Waals surface area (Å²) in [5, 5.41) is 0. The van der Waals surface area contributed by atoms with E-state index in [1.165, 1.54) is 16.7 Å². The molecule has 0 bridgehead atoms. The minimum Gasteiger partial charge on any atom is -0.456 e. The van der Waals surface area contributed by atoms with Gasteiger partial charge in [0, 0.05) is 30.8 Å². The van der Waals surface area contributed by atoms with Crippen LogP contribution in [-0.4, -0.2) is 22.2 Å². The lowest BCUT2D eigenvalue weighted by Gasteiger charge is -2.03. The van der Waals surface area contributed by atoms with Gasteiger partial charge in [-0.1, -0.05) is 54.3 Å². The van der Waals surface area contributed by atoms with Gasteiger partial charge in [-0.15, -0.1) is 0 Å². The first kappa shape index (κ1) is 15.0. The summed E-state index contributed by atoms with van der Waals surface area (Å²) in [5.74, 6) is 1.23. The molecule has 0 unspecified atom stereocenters. The smallest absolute Gasteiger partial charge is 0.266 e. The Morgan fingerprint density at radius 2 is 2.09 bits per heavy atom. The summed E-state index contributed by atoms with van der Waals surface area (Å²) in [4.78, 5) is 14.1. The third kappa shape index (κ3) is 2.72. The normalized spacial score (nSPS) is 16.8. The predicted octanol–water partition coefficient (Wildman–Crippen LogP) is 3.24. The number of furan rings is 1. The molecular weight excluding hydrogens is 316 g/mol. The van der Waals surface area contributed by atoms with Crippen LogP contribution in [0, 0.1) is 0 Å². The first-order chi connectivity index (χ1) is 10.6. The second-order valence-electron chi connectivity index (χ2n) is 4.81. The van der Waals surface area contributed by atoms with E-state index in [-0.39, 0.29) is 5.91 Å². The first-order valence-electron chi connectivity index (χ1n) is 6.70. The summed E-state index contributed by atoms with van der Waals surface area (Å²) in [5.41, 5.74) is 7.62. The van der Waals surface area contributed by atoms with Gasteiger partial charge >= 0.3 is 0 Å². The lowest BCUT2D eigenvalue weighted by Crippen LogP contribution is -2.22. The monoisotopic (exact) mass is 330 g/mol. The fourth-order valence-electron chi connectivity index (χ4n) is 2.13. The van der Waals surface area contributed by atoms with Gasteiger partial charge in [0.1, 0.15) is 15.8 Å². The zero-order valence-corrected chi connectivity index (χ0v) is 13.5. The van der Waals surface area contributed by atoms with Gasteiger partial charge < -0.3 is 10.2 Å². The third-order valence-corrected chi connectivity index (χ3v) is 4.85. The minimum absolute atomic E-state index is 0.115. The van der Waals surface area contributed by atoms with E-state index in [0.29, 0.717) is 21.5 Å². The van der Waals surface area contributed by atoms with Crippen molar-refractivity contribution in [1.29, 1.82) is 0 Å². The molecule has 2 N–H and O–H groups in total. The fraction of sp³-hybridized carbons (Fsp3) is 0.125. The van der Waals surface area contributed by atoms with Gasteiger partial charge in [-0.3, -0.25) is 9.69 Å². The highest BCUT2D eigenvalue weighted by molar-refractivity contribution is 8.26. The Morgan fingerprint density at radius 3 is 2.68 bits per heavy atom. The molecule has 4 nitrogen and oxygen atoms in total. The molecule has 0 radical (unpaired) electrons. The summed E-state index contributed by atoms with van der Waals surface area (Å²) in [6.45, 7) is 0.342.